The van der Waals surface area contributed by atoms with Gasteiger partial charge in [-0.2, -0.15) is 0 Å². The maximum absolute atomic E-state index is 14.5. The number of benzene rings is 4. The Morgan fingerprint density at radius 3 is 2.11 bits per heavy atom. The topological polar surface area (TPSA) is 58.6 Å². The van der Waals surface area contributed by atoms with Crippen LogP contribution in [0.1, 0.15) is 44.4 Å². The summed E-state index contributed by atoms with van der Waals surface area (Å²) < 4.78 is 7.21. The summed E-state index contributed by atoms with van der Waals surface area (Å²) in [7, 11) is -1.62. The van der Waals surface area contributed by atoms with E-state index in [4.69, 9.17) is 32.6 Å². The van der Waals surface area contributed by atoms with Crippen molar-refractivity contribution < 1.29 is 9.22 Å². The zero-order chi connectivity index (χ0) is 33.1. The predicted octanol–water partition coefficient (Wildman–Crippen LogP) is 9.08. The van der Waals surface area contributed by atoms with E-state index in [1.165, 1.54) is 22.1 Å². The Hall–Kier alpha value is -3.66. The largest absolute Gasteiger partial charge is 0.400 e. The molecule has 0 saturated heterocycles. The Labute approximate surface area is 292 Å². The van der Waals surface area contributed by atoms with E-state index < -0.39 is 9.04 Å². The molecule has 0 fully saturated rings. The van der Waals surface area contributed by atoms with Crippen molar-refractivity contribution in [2.45, 2.75) is 45.0 Å². The molecule has 2 amide bonds. The molecule has 5 aromatic rings. The molecule has 0 aliphatic carbocycles. The third-order valence-corrected chi connectivity index (χ3v) is 11.2. The molecule has 0 spiro atoms. The Bertz CT molecular complexity index is 1810. The molecule has 1 atom stereocenters. The van der Waals surface area contributed by atoms with Crippen LogP contribution in [0.25, 0.3) is 0 Å². The van der Waals surface area contributed by atoms with Gasteiger partial charge in [-0.05, 0) is 58.3 Å². The minimum Gasteiger partial charge on any atom is -0.400 e. The quantitative estimate of drug-likeness (QED) is 0.0874. The second-order valence-corrected chi connectivity index (χ2v) is 16.1. The second-order valence-electron chi connectivity index (χ2n) is 12.5. The van der Waals surface area contributed by atoms with E-state index in [0.29, 0.717) is 32.4 Å². The lowest BCUT2D eigenvalue weighted by Gasteiger charge is -2.37. The first-order valence-corrected chi connectivity index (χ1v) is 18.7. The summed E-state index contributed by atoms with van der Waals surface area (Å²) in [6.45, 7) is 6.90. The minimum atomic E-state index is -1.62. The molecule has 239 valence electrons. The maximum Gasteiger partial charge on any atom is 0.335 e. The van der Waals surface area contributed by atoms with Gasteiger partial charge in [-0.3, -0.25) is 4.90 Å². The van der Waals surface area contributed by atoms with E-state index in [9.17, 15) is 4.79 Å². The Balaban J connectivity index is 1.45. The Morgan fingerprint density at radius 2 is 1.51 bits per heavy atom. The van der Waals surface area contributed by atoms with Crippen molar-refractivity contribution in [3.05, 3.63) is 130 Å². The Kier molecular flexibility index (Phi) is 10.1. The standard InChI is InChI=1S/C37H35Cl2N4O2SSi/c1-37(2,3)22-32(45-47(28-15-7-5-8-16-28)29-17-9-6-10-18-29)25-13-11-14-27(21-25)43-34-26(23-40-35(41-34)46-4)24-42(36(43)44)33-30(38)19-12-20-31(33)39/h5-21,23,32H,22,24H2,1-4H3. The van der Waals surface area contributed by atoms with Crippen LogP contribution < -0.4 is 20.2 Å². The average molecular weight is 699 g/mol. The van der Waals surface area contributed by atoms with Crippen molar-refractivity contribution >= 4 is 77.6 Å². The highest BCUT2D eigenvalue weighted by Gasteiger charge is 2.37. The summed E-state index contributed by atoms with van der Waals surface area (Å²) in [6.07, 6.45) is 4.22. The first-order chi connectivity index (χ1) is 22.6. The van der Waals surface area contributed by atoms with E-state index in [1.807, 2.05) is 36.6 Å². The summed E-state index contributed by atoms with van der Waals surface area (Å²) >= 11 is 14.7. The molecule has 1 radical (unpaired) electrons. The fraction of sp³-hybridized carbons (Fsp3) is 0.216. The first kappa shape index (κ1) is 33.2. The van der Waals surface area contributed by atoms with Gasteiger partial charge in [0.25, 0.3) is 9.04 Å². The van der Waals surface area contributed by atoms with Crippen LogP contribution >= 0.6 is 35.0 Å². The first-order valence-electron chi connectivity index (χ1n) is 15.3. The van der Waals surface area contributed by atoms with Gasteiger partial charge in [-0.15, -0.1) is 0 Å². The number of nitrogens with zero attached hydrogens (tertiary/aromatic N) is 4. The smallest absolute Gasteiger partial charge is 0.335 e. The zero-order valence-electron chi connectivity index (χ0n) is 26.7. The normalized spacial score (nSPS) is 14.0. The van der Waals surface area contributed by atoms with E-state index in [-0.39, 0.29) is 24.1 Å². The predicted molar refractivity (Wildman–Crippen MR) is 196 cm³/mol. The number of fused-ring (bicyclic) bond motifs is 1. The number of hydrogen-bond acceptors (Lipinski definition) is 5. The van der Waals surface area contributed by atoms with Crippen molar-refractivity contribution in [1.29, 1.82) is 0 Å². The molecular weight excluding hydrogens is 663 g/mol. The summed E-state index contributed by atoms with van der Waals surface area (Å²) in [4.78, 5) is 27.1. The van der Waals surface area contributed by atoms with Crippen LogP contribution in [-0.2, 0) is 11.0 Å². The molecule has 6 rings (SSSR count). The zero-order valence-corrected chi connectivity index (χ0v) is 30.0. The molecule has 1 aromatic heterocycles. The number of aromatic nitrogens is 2. The van der Waals surface area contributed by atoms with Crippen molar-refractivity contribution in [3.8, 4) is 0 Å². The van der Waals surface area contributed by atoms with Crippen LogP contribution in [0, 0.1) is 5.41 Å². The van der Waals surface area contributed by atoms with Gasteiger partial charge >= 0.3 is 6.03 Å². The van der Waals surface area contributed by atoms with Gasteiger partial charge in [-0.25, -0.2) is 19.7 Å². The second kappa shape index (κ2) is 14.2. The molecule has 2 heterocycles. The summed E-state index contributed by atoms with van der Waals surface area (Å²) in [6, 6.07) is 33.9. The van der Waals surface area contributed by atoms with Crippen LogP contribution in [0.5, 0.6) is 0 Å². The third-order valence-electron chi connectivity index (χ3n) is 7.80. The molecule has 0 saturated carbocycles. The van der Waals surface area contributed by atoms with Gasteiger partial charge in [0.1, 0.15) is 0 Å². The summed E-state index contributed by atoms with van der Waals surface area (Å²) in [5.41, 5.74) is 2.85. The lowest BCUT2D eigenvalue weighted by Crippen LogP contribution is -2.46. The number of halogens is 2. The number of urea groups is 1. The van der Waals surface area contributed by atoms with Crippen LogP contribution in [0.3, 0.4) is 0 Å². The Morgan fingerprint density at radius 1 is 0.894 bits per heavy atom. The van der Waals surface area contributed by atoms with Crippen LogP contribution in [0.4, 0.5) is 22.0 Å². The summed E-state index contributed by atoms with van der Waals surface area (Å²) in [5.74, 6) is 0.539. The van der Waals surface area contributed by atoms with E-state index in [2.05, 4.69) is 80.4 Å². The molecule has 1 aliphatic heterocycles. The molecule has 1 aliphatic rings. The maximum atomic E-state index is 14.5. The van der Waals surface area contributed by atoms with Crippen LogP contribution in [-0.4, -0.2) is 31.3 Å². The molecule has 4 aromatic carbocycles. The van der Waals surface area contributed by atoms with E-state index >= 15 is 0 Å². The molecule has 6 nitrogen and oxygen atoms in total. The van der Waals surface area contributed by atoms with E-state index in [0.717, 1.165) is 17.5 Å². The fourth-order valence-corrected chi connectivity index (χ4v) is 8.70. The lowest BCUT2D eigenvalue weighted by molar-refractivity contribution is 0.150. The van der Waals surface area contributed by atoms with Gasteiger partial charge in [0, 0.05) is 11.8 Å². The average Bonchev–Trinajstić information content (AvgIpc) is 3.07. The number of carbonyl (C=O) groups is 1. The van der Waals surface area contributed by atoms with Crippen LogP contribution in [0.15, 0.2) is 114 Å². The third kappa shape index (κ3) is 7.42. The molecule has 0 bridgehead atoms. The number of rotatable bonds is 9. The van der Waals surface area contributed by atoms with Crippen LogP contribution in [0.2, 0.25) is 10.0 Å². The molecule has 1 unspecified atom stereocenters. The highest BCUT2D eigenvalue weighted by Crippen LogP contribution is 2.42. The fourth-order valence-electron chi connectivity index (χ4n) is 5.66. The summed E-state index contributed by atoms with van der Waals surface area (Å²) in [5, 5.41) is 3.70. The molecule has 0 N–H and O–H groups in total. The van der Waals surface area contributed by atoms with Gasteiger partial charge in [0.2, 0.25) is 0 Å². The van der Waals surface area contributed by atoms with E-state index in [1.54, 1.807) is 34.2 Å². The van der Waals surface area contributed by atoms with Crippen molar-refractivity contribution in [3.63, 3.8) is 0 Å². The minimum absolute atomic E-state index is 0.0351. The van der Waals surface area contributed by atoms with Gasteiger partial charge in [0.05, 0.1) is 34.1 Å². The number of para-hydroxylation sites is 1. The number of thioether (sulfide) groups is 1. The van der Waals surface area contributed by atoms with Crippen molar-refractivity contribution in [2.75, 3.05) is 16.1 Å². The molecular formula is C37H35Cl2N4O2SSi. The molecule has 47 heavy (non-hydrogen) atoms. The van der Waals surface area contributed by atoms with Gasteiger partial charge in [-0.1, -0.05) is 135 Å². The number of carbonyl (C=O) groups excluding carboxylic acids is 1. The van der Waals surface area contributed by atoms with Gasteiger partial charge in [0.15, 0.2) is 11.0 Å². The monoisotopic (exact) mass is 697 g/mol. The lowest BCUT2D eigenvalue weighted by atomic mass is 9.87. The SMILES string of the molecule is CSc1ncc2c(n1)N(c1cccc(C(CC(C)(C)C)O[Si](c3ccccc3)c3ccccc3)c1)C(=O)N(c1c(Cl)cccc1Cl)C2. The van der Waals surface area contributed by atoms with Crippen molar-refractivity contribution in [1.82, 2.24) is 9.97 Å². The van der Waals surface area contributed by atoms with Gasteiger partial charge < -0.3 is 4.43 Å². The number of anilines is 3. The molecule has 10 heteroatoms. The highest BCUT2D eigenvalue weighted by molar-refractivity contribution is 7.98. The van der Waals surface area contributed by atoms with Crippen molar-refractivity contribution in [2.24, 2.45) is 5.41 Å². The number of amides is 2. The number of hydrogen-bond donors (Lipinski definition) is 0. The highest BCUT2D eigenvalue weighted by atomic mass is 35.5.